The Labute approximate surface area is 231 Å². The normalized spacial score (nSPS) is 10.7. The molecule has 0 bridgehead atoms. The average molecular weight is 536 g/mol. The van der Waals surface area contributed by atoms with E-state index in [0.717, 1.165) is 68.6 Å². The molecule has 0 radical (unpaired) electrons. The number of anilines is 1. The van der Waals surface area contributed by atoms with Gasteiger partial charge in [0.05, 0.1) is 27.4 Å². The zero-order valence-corrected chi connectivity index (χ0v) is 24.3. The lowest BCUT2D eigenvalue weighted by molar-refractivity contribution is -0.141. The van der Waals surface area contributed by atoms with Gasteiger partial charge in [0.15, 0.2) is 11.5 Å². The number of carbonyl (C=O) groups excluding carboxylic acids is 2. The van der Waals surface area contributed by atoms with E-state index in [0.29, 0.717) is 26.1 Å². The third kappa shape index (κ3) is 17.9. The molecule has 0 fully saturated rings. The second-order valence-electron chi connectivity index (χ2n) is 9.92. The molecule has 0 aliphatic carbocycles. The molecule has 0 saturated heterocycles. The zero-order valence-electron chi connectivity index (χ0n) is 24.3. The predicted octanol–water partition coefficient (Wildman–Crippen LogP) is 7.85. The summed E-state index contributed by atoms with van der Waals surface area (Å²) in [6, 6.07) is 6.03. The van der Waals surface area contributed by atoms with Gasteiger partial charge in [-0.05, 0) is 37.8 Å². The molecule has 38 heavy (non-hydrogen) atoms. The second-order valence-corrected chi connectivity index (χ2v) is 9.92. The van der Waals surface area contributed by atoms with Crippen LogP contribution in [0, 0.1) is 0 Å². The summed E-state index contributed by atoms with van der Waals surface area (Å²) in [5.41, 5.74) is 1.02. The highest BCUT2D eigenvalue weighted by Crippen LogP contribution is 2.31. The molecule has 7 heteroatoms. The molecular weight excluding hydrogens is 482 g/mol. The number of methoxy groups -OCH3 is 2. The van der Waals surface area contributed by atoms with E-state index in [2.05, 4.69) is 14.8 Å². The molecule has 0 spiro atoms. The van der Waals surface area contributed by atoms with Crippen LogP contribution in [0.1, 0.15) is 116 Å². The van der Waals surface area contributed by atoms with Crippen molar-refractivity contribution in [3.8, 4) is 11.5 Å². The van der Waals surface area contributed by atoms with Crippen LogP contribution in [0.2, 0.25) is 0 Å². The van der Waals surface area contributed by atoms with Crippen molar-refractivity contribution in [1.29, 1.82) is 0 Å². The highest BCUT2D eigenvalue weighted by Gasteiger charge is 2.07. The van der Waals surface area contributed by atoms with E-state index in [4.69, 9.17) is 9.47 Å². The Balaban J connectivity index is 2.11. The molecule has 218 valence electrons. The zero-order chi connectivity index (χ0) is 27.7. The van der Waals surface area contributed by atoms with Crippen LogP contribution in [0.25, 0.3) is 0 Å². The van der Waals surface area contributed by atoms with Gasteiger partial charge in [-0.15, -0.1) is 0 Å². The second kappa shape index (κ2) is 23.7. The fraction of sp³-hybridized carbons (Fsp3) is 0.742. The first-order valence-electron chi connectivity index (χ1n) is 14.8. The van der Waals surface area contributed by atoms with Gasteiger partial charge in [0, 0.05) is 31.6 Å². The van der Waals surface area contributed by atoms with Crippen molar-refractivity contribution in [2.75, 3.05) is 39.8 Å². The van der Waals surface area contributed by atoms with Crippen molar-refractivity contribution >= 4 is 17.6 Å². The van der Waals surface area contributed by atoms with Crippen LogP contribution in [-0.4, -0.2) is 46.4 Å². The minimum atomic E-state index is -0.105. The van der Waals surface area contributed by atoms with Crippen LogP contribution in [0.4, 0.5) is 5.69 Å². The summed E-state index contributed by atoms with van der Waals surface area (Å²) in [5, 5.41) is 3.18. The number of benzene rings is 1. The highest BCUT2D eigenvalue weighted by atomic mass is 16.5. The number of ether oxygens (including phenoxy) is 4. The molecule has 1 rings (SSSR count). The van der Waals surface area contributed by atoms with Crippen LogP contribution in [0.15, 0.2) is 18.2 Å². The van der Waals surface area contributed by atoms with Gasteiger partial charge in [-0.3, -0.25) is 9.59 Å². The first-order valence-corrected chi connectivity index (χ1v) is 14.8. The van der Waals surface area contributed by atoms with E-state index < -0.39 is 0 Å². The van der Waals surface area contributed by atoms with Crippen molar-refractivity contribution in [1.82, 2.24) is 0 Å². The Kier molecular flexibility index (Phi) is 20.9. The SMILES string of the molecule is CNc1ccc(OCCCCCCCCCCC(=O)OC)c(OCCCCCCCCCCC(=O)OC)c1. The fourth-order valence-corrected chi connectivity index (χ4v) is 4.33. The average Bonchev–Trinajstić information content (AvgIpc) is 2.94. The van der Waals surface area contributed by atoms with Gasteiger partial charge < -0.3 is 24.3 Å². The number of hydrogen-bond acceptors (Lipinski definition) is 7. The van der Waals surface area contributed by atoms with Crippen molar-refractivity contribution in [3.05, 3.63) is 18.2 Å². The van der Waals surface area contributed by atoms with Crippen molar-refractivity contribution < 1.29 is 28.5 Å². The van der Waals surface area contributed by atoms with Crippen LogP contribution < -0.4 is 14.8 Å². The maximum absolute atomic E-state index is 11.1. The first kappa shape index (κ1) is 33.6. The summed E-state index contributed by atoms with van der Waals surface area (Å²) < 4.78 is 21.5. The molecule has 0 amide bonds. The molecule has 0 heterocycles. The Bertz CT molecular complexity index is 739. The van der Waals surface area contributed by atoms with E-state index >= 15 is 0 Å². The quantitative estimate of drug-likeness (QED) is 0.101. The van der Waals surface area contributed by atoms with E-state index in [1.165, 1.54) is 65.6 Å². The Morgan fingerprint density at radius 3 is 1.39 bits per heavy atom. The van der Waals surface area contributed by atoms with E-state index in [-0.39, 0.29) is 11.9 Å². The molecule has 7 nitrogen and oxygen atoms in total. The molecule has 0 aliphatic rings. The molecule has 1 aromatic carbocycles. The van der Waals surface area contributed by atoms with Crippen molar-refractivity contribution in [2.24, 2.45) is 0 Å². The molecule has 0 aliphatic heterocycles. The minimum absolute atomic E-state index is 0.105. The summed E-state index contributed by atoms with van der Waals surface area (Å²) in [6.45, 7) is 1.40. The minimum Gasteiger partial charge on any atom is -0.490 e. The van der Waals surface area contributed by atoms with Crippen molar-refractivity contribution in [2.45, 2.75) is 116 Å². The number of unbranched alkanes of at least 4 members (excludes halogenated alkanes) is 14. The largest absolute Gasteiger partial charge is 0.490 e. The lowest BCUT2D eigenvalue weighted by Crippen LogP contribution is -2.03. The molecule has 0 saturated carbocycles. The van der Waals surface area contributed by atoms with Crippen LogP contribution >= 0.6 is 0 Å². The molecule has 1 N–H and O–H groups in total. The molecule has 0 unspecified atom stereocenters. The lowest BCUT2D eigenvalue weighted by Gasteiger charge is -2.14. The highest BCUT2D eigenvalue weighted by molar-refractivity contribution is 5.69. The van der Waals surface area contributed by atoms with Gasteiger partial charge in [0.25, 0.3) is 0 Å². The number of carbonyl (C=O) groups is 2. The summed E-state index contributed by atoms with van der Waals surface area (Å²) >= 11 is 0. The Morgan fingerprint density at radius 1 is 0.579 bits per heavy atom. The Hall–Kier alpha value is -2.44. The summed E-state index contributed by atoms with van der Waals surface area (Å²) in [7, 11) is 4.81. The van der Waals surface area contributed by atoms with E-state index in [1.54, 1.807) is 0 Å². The smallest absolute Gasteiger partial charge is 0.305 e. The molecule has 0 aromatic heterocycles. The monoisotopic (exact) mass is 535 g/mol. The van der Waals surface area contributed by atoms with E-state index in [1.807, 2.05) is 25.2 Å². The van der Waals surface area contributed by atoms with Gasteiger partial charge in [0.2, 0.25) is 0 Å². The number of esters is 2. The van der Waals surface area contributed by atoms with Crippen LogP contribution in [-0.2, 0) is 19.1 Å². The molecule has 1 aromatic rings. The topological polar surface area (TPSA) is 83.1 Å². The van der Waals surface area contributed by atoms with E-state index in [9.17, 15) is 9.59 Å². The van der Waals surface area contributed by atoms with Gasteiger partial charge in [-0.25, -0.2) is 0 Å². The van der Waals surface area contributed by atoms with Crippen LogP contribution in [0.5, 0.6) is 11.5 Å². The summed E-state index contributed by atoms with van der Waals surface area (Å²) in [6.07, 6.45) is 19.3. The fourth-order valence-electron chi connectivity index (χ4n) is 4.33. The number of hydrogen-bond donors (Lipinski definition) is 1. The lowest BCUT2D eigenvalue weighted by atomic mass is 10.1. The third-order valence-electron chi connectivity index (χ3n) is 6.75. The van der Waals surface area contributed by atoms with Gasteiger partial charge in [-0.2, -0.15) is 0 Å². The third-order valence-corrected chi connectivity index (χ3v) is 6.75. The first-order chi connectivity index (χ1) is 18.6. The summed E-state index contributed by atoms with van der Waals surface area (Å²) in [4.78, 5) is 22.2. The summed E-state index contributed by atoms with van der Waals surface area (Å²) in [5.74, 6) is 1.43. The molecule has 0 atom stereocenters. The van der Waals surface area contributed by atoms with Crippen molar-refractivity contribution in [3.63, 3.8) is 0 Å². The maximum atomic E-state index is 11.1. The molecular formula is C31H53NO6. The number of nitrogens with one attached hydrogen (secondary N) is 1. The number of rotatable bonds is 25. The van der Waals surface area contributed by atoms with Gasteiger partial charge in [0.1, 0.15) is 0 Å². The van der Waals surface area contributed by atoms with Crippen LogP contribution in [0.3, 0.4) is 0 Å². The standard InChI is InChI=1S/C31H53NO6/c1-32-27-22-23-28(37-24-18-14-10-6-4-8-12-16-20-30(33)35-2)29(26-27)38-25-19-15-11-7-5-9-13-17-21-31(34)36-3/h22-23,26,32H,4-21,24-25H2,1-3H3. The predicted molar refractivity (Wildman–Crippen MR) is 154 cm³/mol. The van der Waals surface area contributed by atoms with Gasteiger partial charge >= 0.3 is 11.9 Å². The Morgan fingerprint density at radius 2 is 0.974 bits per heavy atom. The van der Waals surface area contributed by atoms with Gasteiger partial charge in [-0.1, -0.05) is 77.0 Å². The maximum Gasteiger partial charge on any atom is 0.305 e.